The Labute approximate surface area is 172 Å². The highest BCUT2D eigenvalue weighted by molar-refractivity contribution is 9.10. The third kappa shape index (κ3) is 4.04. The molecule has 0 radical (unpaired) electrons. The molecular weight excluding hydrogens is 416 g/mol. The Hall–Kier alpha value is -2.80. The maximum atomic E-state index is 4.61. The number of halogens is 1. The average Bonchev–Trinajstić information content (AvgIpc) is 3.27. The van der Waals surface area contributed by atoms with E-state index in [0.717, 1.165) is 34.7 Å². The van der Waals surface area contributed by atoms with Crippen LogP contribution >= 0.6 is 15.9 Å². The highest BCUT2D eigenvalue weighted by Crippen LogP contribution is 2.19. The zero-order chi connectivity index (χ0) is 19.5. The van der Waals surface area contributed by atoms with E-state index in [1.807, 2.05) is 28.9 Å². The maximum absolute atomic E-state index is 4.61. The van der Waals surface area contributed by atoms with Crippen LogP contribution < -0.4 is 10.6 Å². The van der Waals surface area contributed by atoms with E-state index < -0.39 is 0 Å². The van der Waals surface area contributed by atoms with Crippen molar-refractivity contribution in [3.05, 3.63) is 70.2 Å². The molecule has 0 aliphatic carbocycles. The van der Waals surface area contributed by atoms with Gasteiger partial charge in [-0.2, -0.15) is 0 Å². The monoisotopic (exact) mass is 438 g/mol. The molecule has 3 aromatic heterocycles. The number of fused-ring (bicyclic) bond motifs is 2. The lowest BCUT2D eigenvalue weighted by molar-refractivity contribution is 0.788. The van der Waals surface area contributed by atoms with Crippen molar-refractivity contribution in [2.24, 2.45) is 4.99 Å². The first-order valence-corrected chi connectivity index (χ1v) is 10.1. The van der Waals surface area contributed by atoms with Crippen molar-refractivity contribution in [2.75, 3.05) is 13.6 Å². The van der Waals surface area contributed by atoms with Gasteiger partial charge in [0, 0.05) is 47.6 Å². The highest BCUT2D eigenvalue weighted by Gasteiger charge is 2.06. The summed E-state index contributed by atoms with van der Waals surface area (Å²) >= 11 is 3.48. The average molecular weight is 439 g/mol. The van der Waals surface area contributed by atoms with Crippen LogP contribution in [0.4, 0.5) is 0 Å². The predicted molar refractivity (Wildman–Crippen MR) is 118 cm³/mol. The summed E-state index contributed by atoms with van der Waals surface area (Å²) in [6, 6.07) is 10.5. The van der Waals surface area contributed by atoms with Crippen LogP contribution in [-0.2, 0) is 13.0 Å². The molecule has 0 spiro atoms. The van der Waals surface area contributed by atoms with Gasteiger partial charge in [0.25, 0.3) is 0 Å². The molecule has 4 rings (SSSR count). The molecule has 6 nitrogen and oxygen atoms in total. The number of pyridine rings is 1. The minimum absolute atomic E-state index is 0.616. The van der Waals surface area contributed by atoms with Gasteiger partial charge in [-0.1, -0.05) is 12.1 Å². The van der Waals surface area contributed by atoms with Crippen LogP contribution in [-0.4, -0.2) is 33.9 Å². The first-order chi connectivity index (χ1) is 13.6. The van der Waals surface area contributed by atoms with Crippen LogP contribution in [0.2, 0.25) is 0 Å². The van der Waals surface area contributed by atoms with Gasteiger partial charge in [-0.05, 0) is 58.6 Å². The summed E-state index contributed by atoms with van der Waals surface area (Å²) in [5.74, 6) is 0.772. The van der Waals surface area contributed by atoms with Crippen molar-refractivity contribution in [1.82, 2.24) is 25.0 Å². The summed E-state index contributed by atoms with van der Waals surface area (Å²) < 4.78 is 3.04. The van der Waals surface area contributed by atoms with E-state index in [1.54, 1.807) is 7.05 Å². The Balaban J connectivity index is 1.33. The number of aryl methyl sites for hydroxylation is 1. The van der Waals surface area contributed by atoms with E-state index in [-0.39, 0.29) is 0 Å². The number of hydrogen-bond donors (Lipinski definition) is 3. The standard InChI is InChI=1S/C21H23BrN6/c1-14-3-5-18-15(10-25-19(18)9-14)7-8-24-21(23-2)26-11-17-13-28-12-16(22)4-6-20(28)27-17/h3-6,9-10,12-13,25H,7-8,11H2,1-2H3,(H2,23,24,26). The fourth-order valence-corrected chi connectivity index (χ4v) is 3.67. The number of hydrogen-bond acceptors (Lipinski definition) is 2. The molecule has 0 atom stereocenters. The predicted octanol–water partition coefficient (Wildman–Crippen LogP) is 3.79. The van der Waals surface area contributed by atoms with E-state index in [0.29, 0.717) is 6.54 Å². The Kier molecular flexibility index (Phi) is 5.34. The van der Waals surface area contributed by atoms with Crippen molar-refractivity contribution in [1.29, 1.82) is 0 Å². The number of H-pyrrole nitrogens is 1. The Morgan fingerprint density at radius 2 is 2.11 bits per heavy atom. The first kappa shape index (κ1) is 18.6. The van der Waals surface area contributed by atoms with E-state index in [2.05, 4.69) is 72.8 Å². The largest absolute Gasteiger partial charge is 0.361 e. The molecule has 7 heteroatoms. The van der Waals surface area contributed by atoms with E-state index in [4.69, 9.17) is 0 Å². The number of nitrogens with zero attached hydrogens (tertiary/aromatic N) is 3. The number of guanidine groups is 1. The second kappa shape index (κ2) is 8.06. The molecule has 4 aromatic rings. The summed E-state index contributed by atoms with van der Waals surface area (Å²) in [5, 5.41) is 7.99. The van der Waals surface area contributed by atoms with Crippen molar-refractivity contribution >= 4 is 38.4 Å². The van der Waals surface area contributed by atoms with Gasteiger partial charge < -0.3 is 20.0 Å². The minimum Gasteiger partial charge on any atom is -0.361 e. The maximum Gasteiger partial charge on any atom is 0.191 e. The van der Waals surface area contributed by atoms with Gasteiger partial charge in [-0.15, -0.1) is 0 Å². The number of aliphatic imine (C=N–C) groups is 1. The molecule has 28 heavy (non-hydrogen) atoms. The molecule has 0 unspecified atom stereocenters. The number of aromatic nitrogens is 3. The number of rotatable bonds is 5. The van der Waals surface area contributed by atoms with Gasteiger partial charge in [-0.25, -0.2) is 4.98 Å². The number of aromatic amines is 1. The van der Waals surface area contributed by atoms with Crippen LogP contribution in [0.1, 0.15) is 16.8 Å². The second-order valence-corrected chi connectivity index (χ2v) is 7.73. The molecule has 3 N–H and O–H groups in total. The summed E-state index contributed by atoms with van der Waals surface area (Å²) in [6.07, 6.45) is 7.04. The molecule has 0 bridgehead atoms. The van der Waals surface area contributed by atoms with Crippen molar-refractivity contribution < 1.29 is 0 Å². The first-order valence-electron chi connectivity index (χ1n) is 9.26. The number of nitrogens with one attached hydrogen (secondary N) is 3. The Bertz CT molecular complexity index is 1140. The Morgan fingerprint density at radius 1 is 1.21 bits per heavy atom. The van der Waals surface area contributed by atoms with Gasteiger partial charge >= 0.3 is 0 Å². The third-order valence-electron chi connectivity index (χ3n) is 4.74. The van der Waals surface area contributed by atoms with Gasteiger partial charge in [0.05, 0.1) is 12.2 Å². The van der Waals surface area contributed by atoms with Gasteiger partial charge in [0.15, 0.2) is 5.96 Å². The molecule has 0 fully saturated rings. The zero-order valence-corrected chi connectivity index (χ0v) is 17.5. The molecule has 0 aliphatic heterocycles. The van der Waals surface area contributed by atoms with Gasteiger partial charge in [-0.3, -0.25) is 4.99 Å². The van der Waals surface area contributed by atoms with E-state index in [1.165, 1.54) is 22.0 Å². The van der Waals surface area contributed by atoms with E-state index in [9.17, 15) is 0 Å². The molecular formula is C21H23BrN6. The lowest BCUT2D eigenvalue weighted by atomic mass is 10.1. The lowest BCUT2D eigenvalue weighted by Gasteiger charge is -2.10. The van der Waals surface area contributed by atoms with Crippen LogP contribution in [0.15, 0.2) is 58.4 Å². The van der Waals surface area contributed by atoms with Crippen LogP contribution in [0, 0.1) is 6.92 Å². The SMILES string of the molecule is CN=C(NCCc1c[nH]c2cc(C)ccc12)NCc1cn2cc(Br)ccc2n1. The number of imidazole rings is 1. The normalized spacial score (nSPS) is 12.0. The fraction of sp³-hybridized carbons (Fsp3) is 0.238. The summed E-state index contributed by atoms with van der Waals surface area (Å²) in [5.41, 5.74) is 5.66. The molecule has 0 saturated heterocycles. The fourth-order valence-electron chi connectivity index (χ4n) is 3.32. The second-order valence-electron chi connectivity index (χ2n) is 6.81. The van der Waals surface area contributed by atoms with Crippen LogP contribution in [0.5, 0.6) is 0 Å². The highest BCUT2D eigenvalue weighted by atomic mass is 79.9. The van der Waals surface area contributed by atoms with Gasteiger partial charge in [0.1, 0.15) is 5.65 Å². The van der Waals surface area contributed by atoms with Crippen molar-refractivity contribution in [2.45, 2.75) is 19.9 Å². The molecule has 144 valence electrons. The van der Waals surface area contributed by atoms with Crippen LogP contribution in [0.25, 0.3) is 16.6 Å². The summed E-state index contributed by atoms with van der Waals surface area (Å²) in [7, 11) is 1.78. The molecule has 0 aliphatic rings. The number of benzene rings is 1. The lowest BCUT2D eigenvalue weighted by Crippen LogP contribution is -2.37. The Morgan fingerprint density at radius 3 is 2.96 bits per heavy atom. The van der Waals surface area contributed by atoms with Gasteiger partial charge in [0.2, 0.25) is 0 Å². The molecule has 3 heterocycles. The molecule has 0 amide bonds. The summed E-state index contributed by atoms with van der Waals surface area (Å²) in [4.78, 5) is 12.3. The zero-order valence-electron chi connectivity index (χ0n) is 16.0. The smallest absolute Gasteiger partial charge is 0.191 e. The molecule has 0 saturated carbocycles. The van der Waals surface area contributed by atoms with E-state index >= 15 is 0 Å². The summed E-state index contributed by atoms with van der Waals surface area (Å²) in [6.45, 7) is 3.53. The van der Waals surface area contributed by atoms with Crippen molar-refractivity contribution in [3.63, 3.8) is 0 Å². The minimum atomic E-state index is 0.616. The molecule has 1 aromatic carbocycles. The third-order valence-corrected chi connectivity index (χ3v) is 5.20. The topological polar surface area (TPSA) is 69.5 Å². The van der Waals surface area contributed by atoms with Crippen molar-refractivity contribution in [3.8, 4) is 0 Å². The van der Waals surface area contributed by atoms with Crippen LogP contribution in [0.3, 0.4) is 0 Å². The quantitative estimate of drug-likeness (QED) is 0.327.